The molecule has 1 heterocycles. The molecule has 1 saturated heterocycles. The molecule has 1 unspecified atom stereocenters. The quantitative estimate of drug-likeness (QED) is 0.808. The molecule has 1 aliphatic heterocycles. The highest BCUT2D eigenvalue weighted by Crippen LogP contribution is 2.22. The zero-order chi connectivity index (χ0) is 12.6. The van der Waals surface area contributed by atoms with Crippen LogP contribution < -0.4 is 10.2 Å². The summed E-state index contributed by atoms with van der Waals surface area (Å²) in [5.74, 6) is -0.264. The first-order valence-electron chi connectivity index (χ1n) is 5.74. The maximum absolute atomic E-state index is 12.9. The van der Waals surface area contributed by atoms with Crippen LogP contribution >= 0.6 is 0 Å². The number of anilines is 1. The summed E-state index contributed by atoms with van der Waals surface area (Å²) >= 11 is 0. The van der Waals surface area contributed by atoms with Crippen LogP contribution in [0.5, 0.6) is 0 Å². The van der Waals surface area contributed by atoms with Crippen LogP contribution in [0.15, 0.2) is 24.3 Å². The lowest BCUT2D eigenvalue weighted by atomic mass is 9.98. The van der Waals surface area contributed by atoms with Gasteiger partial charge < -0.3 is 4.90 Å². The Morgan fingerprint density at radius 1 is 1.35 bits per heavy atom. The maximum Gasteiger partial charge on any atom is 0.243 e. The van der Waals surface area contributed by atoms with Crippen LogP contribution in [0.3, 0.4) is 0 Å². The molecule has 0 radical (unpaired) electrons. The van der Waals surface area contributed by atoms with Crippen LogP contribution in [0.1, 0.15) is 20.8 Å². The Bertz CT molecular complexity index is 428. The Hall–Kier alpha value is -1.42. The number of carbonyl (C=O) groups is 1. The fourth-order valence-electron chi connectivity index (χ4n) is 2.24. The fraction of sp³-hybridized carbons (Fsp3) is 0.462. The lowest BCUT2D eigenvalue weighted by molar-refractivity contribution is -0.122. The standard InChI is InChI=1S/C13H17FN2O/c1-9-12(17)16(8-13(2,3)15-9)11-6-4-10(14)5-7-11/h4-7,9,15H,8H2,1-3H3. The molecular weight excluding hydrogens is 219 g/mol. The van der Waals surface area contributed by atoms with Gasteiger partial charge in [-0.3, -0.25) is 10.1 Å². The Balaban J connectivity index is 2.30. The second-order valence-corrected chi connectivity index (χ2v) is 5.15. The van der Waals surface area contributed by atoms with Gasteiger partial charge in [0.25, 0.3) is 0 Å². The summed E-state index contributed by atoms with van der Waals surface area (Å²) in [7, 11) is 0. The smallest absolute Gasteiger partial charge is 0.243 e. The Labute approximate surface area is 101 Å². The van der Waals surface area contributed by atoms with Gasteiger partial charge in [-0.2, -0.15) is 0 Å². The molecule has 3 nitrogen and oxygen atoms in total. The van der Waals surface area contributed by atoms with Crippen molar-refractivity contribution in [1.82, 2.24) is 5.32 Å². The van der Waals surface area contributed by atoms with Crippen molar-refractivity contribution in [1.29, 1.82) is 0 Å². The van der Waals surface area contributed by atoms with Crippen molar-refractivity contribution >= 4 is 11.6 Å². The van der Waals surface area contributed by atoms with Crippen molar-refractivity contribution < 1.29 is 9.18 Å². The monoisotopic (exact) mass is 236 g/mol. The highest BCUT2D eigenvalue weighted by molar-refractivity contribution is 5.98. The van der Waals surface area contributed by atoms with E-state index < -0.39 is 0 Å². The van der Waals surface area contributed by atoms with Crippen LogP contribution in [0.4, 0.5) is 10.1 Å². The summed E-state index contributed by atoms with van der Waals surface area (Å²) in [5.41, 5.74) is 0.611. The fourth-order valence-corrected chi connectivity index (χ4v) is 2.24. The SMILES string of the molecule is CC1NC(C)(C)CN(c2ccc(F)cc2)C1=O. The molecule has 1 aromatic rings. The Kier molecular flexibility index (Phi) is 2.91. The van der Waals surface area contributed by atoms with E-state index in [1.54, 1.807) is 17.0 Å². The van der Waals surface area contributed by atoms with Gasteiger partial charge in [-0.15, -0.1) is 0 Å². The van der Waals surface area contributed by atoms with E-state index in [2.05, 4.69) is 5.32 Å². The number of nitrogens with zero attached hydrogens (tertiary/aromatic N) is 1. The van der Waals surface area contributed by atoms with E-state index in [4.69, 9.17) is 0 Å². The van der Waals surface area contributed by atoms with Crippen LogP contribution in [-0.2, 0) is 4.79 Å². The van der Waals surface area contributed by atoms with Gasteiger partial charge in [0.2, 0.25) is 5.91 Å². The first-order chi connectivity index (χ1) is 7.89. The number of amides is 1. The molecule has 1 aliphatic rings. The Morgan fingerprint density at radius 3 is 2.53 bits per heavy atom. The van der Waals surface area contributed by atoms with Gasteiger partial charge in [-0.05, 0) is 45.0 Å². The number of nitrogens with one attached hydrogen (secondary N) is 1. The van der Waals surface area contributed by atoms with Gasteiger partial charge in [0.05, 0.1) is 6.04 Å². The van der Waals surface area contributed by atoms with Gasteiger partial charge in [-0.25, -0.2) is 4.39 Å². The van der Waals surface area contributed by atoms with Crippen LogP contribution in [0, 0.1) is 5.82 Å². The summed E-state index contributed by atoms with van der Waals surface area (Å²) in [4.78, 5) is 13.8. The van der Waals surface area contributed by atoms with Crippen LogP contribution in [-0.4, -0.2) is 24.0 Å². The molecule has 17 heavy (non-hydrogen) atoms. The first-order valence-corrected chi connectivity index (χ1v) is 5.74. The van der Waals surface area contributed by atoms with Crippen molar-refractivity contribution in [3.05, 3.63) is 30.1 Å². The van der Waals surface area contributed by atoms with Gasteiger partial charge in [-0.1, -0.05) is 0 Å². The Morgan fingerprint density at radius 2 is 1.94 bits per heavy atom. The highest BCUT2D eigenvalue weighted by Gasteiger charge is 2.36. The number of halogens is 1. The molecule has 92 valence electrons. The van der Waals surface area contributed by atoms with E-state index in [1.165, 1.54) is 12.1 Å². The summed E-state index contributed by atoms with van der Waals surface area (Å²) in [6.07, 6.45) is 0. The van der Waals surface area contributed by atoms with E-state index in [1.807, 2.05) is 20.8 Å². The summed E-state index contributed by atoms with van der Waals surface area (Å²) in [6, 6.07) is 5.82. The summed E-state index contributed by atoms with van der Waals surface area (Å²) in [6.45, 7) is 6.53. The molecule has 0 spiro atoms. The zero-order valence-electron chi connectivity index (χ0n) is 10.3. The minimum Gasteiger partial charge on any atom is -0.309 e. The maximum atomic E-state index is 12.9. The average molecular weight is 236 g/mol. The largest absolute Gasteiger partial charge is 0.309 e. The minimum atomic E-state index is -0.288. The minimum absolute atomic E-state index is 0.0240. The predicted octanol–water partition coefficient (Wildman–Crippen LogP) is 1.93. The first kappa shape index (κ1) is 12.0. The van der Waals surface area contributed by atoms with Crippen molar-refractivity contribution in [2.75, 3.05) is 11.4 Å². The van der Waals surface area contributed by atoms with E-state index in [0.29, 0.717) is 6.54 Å². The number of hydrogen-bond donors (Lipinski definition) is 1. The number of benzene rings is 1. The van der Waals surface area contributed by atoms with Gasteiger partial charge in [0.1, 0.15) is 5.82 Å². The number of rotatable bonds is 1. The molecule has 0 bridgehead atoms. The second-order valence-electron chi connectivity index (χ2n) is 5.15. The average Bonchev–Trinajstić information content (AvgIpc) is 2.24. The van der Waals surface area contributed by atoms with E-state index >= 15 is 0 Å². The molecule has 1 amide bonds. The summed E-state index contributed by atoms with van der Waals surface area (Å²) < 4.78 is 12.9. The molecule has 0 aliphatic carbocycles. The number of carbonyl (C=O) groups excluding carboxylic acids is 1. The summed E-state index contributed by atoms with van der Waals surface area (Å²) in [5, 5.41) is 3.25. The third-order valence-corrected chi connectivity index (χ3v) is 2.94. The molecule has 4 heteroatoms. The third-order valence-electron chi connectivity index (χ3n) is 2.94. The predicted molar refractivity (Wildman–Crippen MR) is 65.4 cm³/mol. The second kappa shape index (κ2) is 4.11. The molecule has 1 fully saturated rings. The molecule has 0 aromatic heterocycles. The molecular formula is C13H17FN2O. The molecule has 2 rings (SSSR count). The van der Waals surface area contributed by atoms with Crippen molar-refractivity contribution in [3.63, 3.8) is 0 Å². The van der Waals surface area contributed by atoms with Crippen molar-refractivity contribution in [2.45, 2.75) is 32.4 Å². The van der Waals surface area contributed by atoms with Crippen molar-refractivity contribution in [3.8, 4) is 0 Å². The van der Waals surface area contributed by atoms with Gasteiger partial charge in [0, 0.05) is 17.8 Å². The van der Waals surface area contributed by atoms with Crippen LogP contribution in [0.2, 0.25) is 0 Å². The van der Waals surface area contributed by atoms with E-state index in [0.717, 1.165) is 5.69 Å². The normalized spacial score (nSPS) is 23.9. The lowest BCUT2D eigenvalue weighted by Crippen LogP contribution is -2.64. The van der Waals surface area contributed by atoms with E-state index in [9.17, 15) is 9.18 Å². The van der Waals surface area contributed by atoms with Gasteiger partial charge in [0.15, 0.2) is 0 Å². The van der Waals surface area contributed by atoms with Crippen LogP contribution in [0.25, 0.3) is 0 Å². The number of piperazine rings is 1. The molecule has 1 atom stereocenters. The highest BCUT2D eigenvalue weighted by atomic mass is 19.1. The lowest BCUT2D eigenvalue weighted by Gasteiger charge is -2.42. The molecule has 0 saturated carbocycles. The molecule has 1 N–H and O–H groups in total. The van der Waals surface area contributed by atoms with Gasteiger partial charge >= 0.3 is 0 Å². The topological polar surface area (TPSA) is 32.3 Å². The van der Waals surface area contributed by atoms with Crippen molar-refractivity contribution in [2.24, 2.45) is 0 Å². The number of hydrogen-bond acceptors (Lipinski definition) is 2. The third kappa shape index (κ3) is 2.47. The van der Waals surface area contributed by atoms with E-state index in [-0.39, 0.29) is 23.3 Å². The zero-order valence-corrected chi connectivity index (χ0v) is 10.3. The molecule has 1 aromatic carbocycles.